The lowest BCUT2D eigenvalue weighted by Gasteiger charge is -2.39. The first-order chi connectivity index (χ1) is 28.3. The molecular weight excluding hydrogens is 717 g/mol. The Morgan fingerprint density at radius 3 is 1.63 bits per heavy atom. The molecule has 4 heterocycles. The van der Waals surface area contributed by atoms with Crippen molar-refractivity contribution in [2.75, 3.05) is 0 Å². The topological polar surface area (TPSA) is 54.2 Å². The number of hydrogen-bond acceptors (Lipinski definition) is 5. The van der Waals surface area contributed by atoms with Crippen LogP contribution in [0.5, 0.6) is 0 Å². The highest BCUT2D eigenvalue weighted by molar-refractivity contribution is 7.26. The molecule has 12 rings (SSSR count). The minimum absolute atomic E-state index is 0.0482. The summed E-state index contributed by atoms with van der Waals surface area (Å²) >= 11 is 1.89. The van der Waals surface area contributed by atoms with Crippen molar-refractivity contribution in [1.82, 2.24) is 20.5 Å². The predicted molar refractivity (Wildman–Crippen MR) is 237 cm³/mol. The van der Waals surface area contributed by atoms with E-state index in [0.29, 0.717) is 0 Å². The summed E-state index contributed by atoms with van der Waals surface area (Å²) in [5.74, 6) is 0. The van der Waals surface area contributed by atoms with Crippen LogP contribution in [0.4, 0.5) is 0 Å². The standard InChI is InChI=1S/C51H36N4OS/c1-3-14-31(15-4-1)49-52-50(32-16-5-2-6-17-32)54-51(53-49)33-28-29-44-40(30-33)46-36(20-13-27-45(46)56-44)37-21-11-22-38-39-23-12-26-43(48(39)57-47(37)38)55-41-24-9-7-18-34(41)35-19-8-10-25-42(35)55/h1-30,49-54H. The van der Waals surface area contributed by atoms with Crippen molar-refractivity contribution in [2.24, 2.45) is 0 Å². The number of nitrogens with zero attached hydrogens (tertiary/aromatic N) is 1. The third-order valence-corrected chi connectivity index (χ3v) is 13.0. The van der Waals surface area contributed by atoms with Crippen LogP contribution in [0, 0.1) is 0 Å². The van der Waals surface area contributed by atoms with Crippen LogP contribution >= 0.6 is 11.3 Å². The fourth-order valence-electron chi connectivity index (χ4n) is 9.14. The van der Waals surface area contributed by atoms with E-state index in [1.807, 2.05) is 11.3 Å². The first-order valence-corrected chi connectivity index (χ1v) is 20.3. The van der Waals surface area contributed by atoms with Gasteiger partial charge in [-0.25, -0.2) is 0 Å². The molecule has 3 aromatic heterocycles. The Hall–Kier alpha value is -6.54. The molecule has 3 N–H and O–H groups in total. The molecule has 2 atom stereocenters. The number of aromatic nitrogens is 1. The molecule has 0 spiro atoms. The van der Waals surface area contributed by atoms with Crippen molar-refractivity contribution in [3.8, 4) is 16.8 Å². The van der Waals surface area contributed by atoms with Crippen LogP contribution in [0.1, 0.15) is 35.2 Å². The molecule has 1 aliphatic heterocycles. The fourth-order valence-corrected chi connectivity index (χ4v) is 10.5. The van der Waals surface area contributed by atoms with Crippen molar-refractivity contribution in [3.63, 3.8) is 0 Å². The summed E-state index contributed by atoms with van der Waals surface area (Å²) in [5, 5.41) is 18.8. The molecule has 1 aliphatic rings. The Balaban J connectivity index is 1.02. The van der Waals surface area contributed by atoms with Crippen LogP contribution in [-0.2, 0) is 0 Å². The molecule has 1 fully saturated rings. The molecule has 5 nitrogen and oxygen atoms in total. The molecule has 57 heavy (non-hydrogen) atoms. The lowest BCUT2D eigenvalue weighted by atomic mass is 9.96. The van der Waals surface area contributed by atoms with Gasteiger partial charge in [0.2, 0.25) is 0 Å². The highest BCUT2D eigenvalue weighted by Crippen LogP contribution is 2.46. The molecule has 0 radical (unpaired) electrons. The summed E-state index contributed by atoms with van der Waals surface area (Å²) < 4.78 is 11.6. The number of benzene rings is 8. The van der Waals surface area contributed by atoms with E-state index in [-0.39, 0.29) is 18.5 Å². The third kappa shape index (κ3) is 5.19. The van der Waals surface area contributed by atoms with Crippen LogP contribution in [0.25, 0.3) is 80.7 Å². The lowest BCUT2D eigenvalue weighted by molar-refractivity contribution is 0.203. The fraction of sp³-hybridized carbons (Fsp3) is 0.0588. The van der Waals surface area contributed by atoms with Gasteiger partial charge in [0.1, 0.15) is 11.2 Å². The Kier molecular flexibility index (Phi) is 7.46. The van der Waals surface area contributed by atoms with E-state index in [0.717, 1.165) is 27.5 Å². The second kappa shape index (κ2) is 13.0. The van der Waals surface area contributed by atoms with Crippen molar-refractivity contribution in [1.29, 1.82) is 0 Å². The molecule has 11 aromatic rings. The highest BCUT2D eigenvalue weighted by Gasteiger charge is 2.30. The van der Waals surface area contributed by atoms with E-state index in [1.54, 1.807) is 0 Å². The van der Waals surface area contributed by atoms with Gasteiger partial charge in [0.25, 0.3) is 0 Å². The summed E-state index contributed by atoms with van der Waals surface area (Å²) in [5.41, 5.74) is 11.3. The summed E-state index contributed by atoms with van der Waals surface area (Å²) in [6, 6.07) is 65.4. The molecular formula is C51H36N4OS. The zero-order valence-electron chi connectivity index (χ0n) is 30.8. The first-order valence-electron chi connectivity index (χ1n) is 19.5. The van der Waals surface area contributed by atoms with Crippen molar-refractivity contribution in [3.05, 3.63) is 199 Å². The van der Waals surface area contributed by atoms with Gasteiger partial charge in [-0.3, -0.25) is 16.0 Å². The largest absolute Gasteiger partial charge is 0.456 e. The SMILES string of the molecule is c1ccc(C2NC(c3ccccc3)NC(c3ccc4oc5cccc(-c6cccc7c6sc6c(-n8c9ccccc9c9ccccc98)cccc67)c5c4c3)N2)cc1. The number of thiophene rings is 1. The monoisotopic (exact) mass is 752 g/mol. The van der Waals surface area contributed by atoms with Gasteiger partial charge in [-0.05, 0) is 58.7 Å². The maximum absolute atomic E-state index is 6.61. The van der Waals surface area contributed by atoms with Gasteiger partial charge in [-0.2, -0.15) is 0 Å². The zero-order valence-corrected chi connectivity index (χ0v) is 31.6. The van der Waals surface area contributed by atoms with Gasteiger partial charge < -0.3 is 8.98 Å². The third-order valence-electron chi connectivity index (χ3n) is 11.7. The van der Waals surface area contributed by atoms with Crippen molar-refractivity contribution < 1.29 is 4.42 Å². The molecule has 6 heteroatoms. The molecule has 0 saturated carbocycles. The normalized spacial score (nSPS) is 17.4. The molecule has 272 valence electrons. The van der Waals surface area contributed by atoms with Gasteiger partial charge in [-0.15, -0.1) is 11.3 Å². The maximum atomic E-state index is 6.61. The Morgan fingerprint density at radius 2 is 0.947 bits per heavy atom. The van der Waals surface area contributed by atoms with Crippen molar-refractivity contribution in [2.45, 2.75) is 18.5 Å². The van der Waals surface area contributed by atoms with Crippen LogP contribution in [0.2, 0.25) is 0 Å². The van der Waals surface area contributed by atoms with E-state index in [2.05, 4.69) is 203 Å². The number of nitrogens with one attached hydrogen (secondary N) is 3. The van der Waals surface area contributed by atoms with Gasteiger partial charge in [0.15, 0.2) is 0 Å². The maximum Gasteiger partial charge on any atom is 0.136 e. The summed E-state index contributed by atoms with van der Waals surface area (Å²) in [4.78, 5) is 0. The Labute approximate surface area is 332 Å². The van der Waals surface area contributed by atoms with Crippen LogP contribution in [-0.4, -0.2) is 4.57 Å². The summed E-state index contributed by atoms with van der Waals surface area (Å²) in [6.45, 7) is 0. The molecule has 1 saturated heterocycles. The number of furan rings is 1. The Morgan fingerprint density at radius 1 is 0.404 bits per heavy atom. The minimum Gasteiger partial charge on any atom is -0.456 e. The molecule has 0 amide bonds. The molecule has 0 bridgehead atoms. The predicted octanol–water partition coefficient (Wildman–Crippen LogP) is 12.9. The molecule has 2 unspecified atom stereocenters. The average Bonchev–Trinajstić information content (AvgIpc) is 3.96. The molecule has 8 aromatic carbocycles. The van der Waals surface area contributed by atoms with Crippen LogP contribution in [0.15, 0.2) is 186 Å². The van der Waals surface area contributed by atoms with E-state index < -0.39 is 0 Å². The van der Waals surface area contributed by atoms with Gasteiger partial charge in [-0.1, -0.05) is 146 Å². The van der Waals surface area contributed by atoms with Gasteiger partial charge >= 0.3 is 0 Å². The van der Waals surface area contributed by atoms with Crippen LogP contribution in [0.3, 0.4) is 0 Å². The minimum atomic E-state index is -0.117. The zero-order chi connectivity index (χ0) is 37.5. The number of fused-ring (bicyclic) bond motifs is 9. The van der Waals surface area contributed by atoms with Gasteiger partial charge in [0, 0.05) is 42.6 Å². The Bertz CT molecular complexity index is 3210. The quantitative estimate of drug-likeness (QED) is 0.164. The molecule has 0 aliphatic carbocycles. The second-order valence-electron chi connectivity index (χ2n) is 15.0. The van der Waals surface area contributed by atoms with Crippen LogP contribution < -0.4 is 16.0 Å². The van der Waals surface area contributed by atoms with E-state index in [4.69, 9.17) is 4.42 Å². The highest BCUT2D eigenvalue weighted by atomic mass is 32.1. The lowest BCUT2D eigenvalue weighted by Crippen LogP contribution is -2.54. The average molecular weight is 753 g/mol. The summed E-state index contributed by atoms with van der Waals surface area (Å²) in [6.07, 6.45) is -0.213. The second-order valence-corrected chi connectivity index (χ2v) is 16.0. The van der Waals surface area contributed by atoms with Crippen molar-refractivity contribution >= 4 is 75.3 Å². The summed E-state index contributed by atoms with van der Waals surface area (Å²) in [7, 11) is 0. The van der Waals surface area contributed by atoms with Gasteiger partial charge in [0.05, 0.1) is 39.9 Å². The van der Waals surface area contributed by atoms with E-state index >= 15 is 0 Å². The number of para-hydroxylation sites is 2. The van der Waals surface area contributed by atoms with E-state index in [1.165, 1.54) is 69.9 Å². The smallest absolute Gasteiger partial charge is 0.136 e. The number of hydrogen-bond donors (Lipinski definition) is 3. The number of rotatable bonds is 5. The van der Waals surface area contributed by atoms with E-state index in [9.17, 15) is 0 Å². The first kappa shape index (κ1) is 32.7.